The molecule has 1 aromatic heterocycles. The fourth-order valence-corrected chi connectivity index (χ4v) is 5.68. The summed E-state index contributed by atoms with van der Waals surface area (Å²) in [5, 5.41) is 0.0249. The molecule has 0 saturated carbocycles. The van der Waals surface area contributed by atoms with Gasteiger partial charge in [-0.15, -0.1) is 0 Å². The first kappa shape index (κ1) is 25.1. The van der Waals surface area contributed by atoms with Crippen LogP contribution in [0.4, 0.5) is 0 Å². The lowest BCUT2D eigenvalue weighted by atomic mass is 10.2. The second-order valence-electron chi connectivity index (χ2n) is 8.74. The summed E-state index contributed by atoms with van der Waals surface area (Å²) >= 11 is 0. The van der Waals surface area contributed by atoms with E-state index in [4.69, 9.17) is 4.74 Å². The zero-order valence-corrected chi connectivity index (χ0v) is 20.9. The maximum atomic E-state index is 13.4. The molecule has 1 fully saturated rings. The van der Waals surface area contributed by atoms with E-state index < -0.39 is 9.84 Å². The van der Waals surface area contributed by atoms with E-state index in [-0.39, 0.29) is 16.8 Å². The minimum atomic E-state index is -3.70. The molecule has 4 rings (SSSR count). The Morgan fingerprint density at radius 3 is 2.26 bits per heavy atom. The standard InChI is InChI=1S/C26H32N4O4S/c1-22(31)29(13-12-28-14-16-34-17-15-28)20-25-18-27-26(30(25)19-23-8-4-2-5-9-23)35(32,33)21-24-10-6-3-7-11-24/h2-11,18H,12-17,19-21H2,1H3. The van der Waals surface area contributed by atoms with Gasteiger partial charge in [-0.05, 0) is 11.1 Å². The minimum absolute atomic E-state index is 0.0249. The third-order valence-corrected chi connectivity index (χ3v) is 7.75. The molecular formula is C26H32N4O4S. The van der Waals surface area contributed by atoms with Crippen molar-refractivity contribution in [2.75, 3.05) is 39.4 Å². The first-order valence-corrected chi connectivity index (χ1v) is 13.5. The second kappa shape index (κ2) is 11.6. The number of imidazole rings is 1. The van der Waals surface area contributed by atoms with Gasteiger partial charge in [0.1, 0.15) is 0 Å². The van der Waals surface area contributed by atoms with Gasteiger partial charge in [-0.25, -0.2) is 13.4 Å². The highest BCUT2D eigenvalue weighted by atomic mass is 32.2. The summed E-state index contributed by atoms with van der Waals surface area (Å²) in [6, 6.07) is 18.8. The fraction of sp³-hybridized carbons (Fsp3) is 0.385. The Morgan fingerprint density at radius 1 is 1.00 bits per heavy atom. The first-order chi connectivity index (χ1) is 16.9. The van der Waals surface area contributed by atoms with Gasteiger partial charge in [-0.1, -0.05) is 60.7 Å². The van der Waals surface area contributed by atoms with E-state index in [0.717, 1.165) is 25.2 Å². The van der Waals surface area contributed by atoms with Crippen LogP contribution in [0.25, 0.3) is 0 Å². The Morgan fingerprint density at radius 2 is 1.63 bits per heavy atom. The maximum absolute atomic E-state index is 13.4. The predicted octanol–water partition coefficient (Wildman–Crippen LogP) is 2.59. The molecule has 8 nitrogen and oxygen atoms in total. The van der Waals surface area contributed by atoms with Gasteiger partial charge >= 0.3 is 0 Å². The number of amides is 1. The van der Waals surface area contributed by atoms with Crippen LogP contribution in [0, 0.1) is 0 Å². The molecule has 1 amide bonds. The lowest BCUT2D eigenvalue weighted by molar-refractivity contribution is -0.129. The summed E-state index contributed by atoms with van der Waals surface area (Å²) in [6.45, 7) is 6.59. The van der Waals surface area contributed by atoms with Crippen molar-refractivity contribution in [3.05, 3.63) is 83.7 Å². The van der Waals surface area contributed by atoms with E-state index in [1.165, 1.54) is 0 Å². The molecular weight excluding hydrogens is 464 g/mol. The third kappa shape index (κ3) is 6.78. The molecule has 2 heterocycles. The Bertz CT molecular complexity index is 1210. The Kier molecular flexibility index (Phi) is 8.33. The maximum Gasteiger partial charge on any atom is 0.228 e. The number of benzene rings is 2. The van der Waals surface area contributed by atoms with Crippen LogP contribution < -0.4 is 0 Å². The molecule has 186 valence electrons. The van der Waals surface area contributed by atoms with Crippen molar-refractivity contribution in [2.45, 2.75) is 30.9 Å². The van der Waals surface area contributed by atoms with Gasteiger partial charge in [0.25, 0.3) is 0 Å². The average Bonchev–Trinajstić information content (AvgIpc) is 3.26. The fourth-order valence-electron chi connectivity index (χ4n) is 4.19. The number of rotatable bonds is 10. The number of ether oxygens (including phenoxy) is 1. The zero-order chi connectivity index (χ0) is 24.7. The van der Waals surface area contributed by atoms with Gasteiger partial charge in [0.05, 0.1) is 43.9 Å². The largest absolute Gasteiger partial charge is 0.379 e. The summed E-state index contributed by atoms with van der Waals surface area (Å²) in [7, 11) is -3.70. The smallest absolute Gasteiger partial charge is 0.228 e. The average molecular weight is 497 g/mol. The summed E-state index contributed by atoms with van der Waals surface area (Å²) in [6.07, 6.45) is 1.59. The van der Waals surface area contributed by atoms with Crippen molar-refractivity contribution in [1.82, 2.24) is 19.4 Å². The molecule has 2 aromatic carbocycles. The molecule has 1 aliphatic heterocycles. The Hall–Kier alpha value is -3.01. The normalized spacial score (nSPS) is 14.7. The van der Waals surface area contributed by atoms with Crippen LogP contribution in [-0.4, -0.2) is 73.1 Å². The van der Waals surface area contributed by atoms with Gasteiger partial charge in [0, 0.05) is 33.1 Å². The SMILES string of the molecule is CC(=O)N(CCN1CCOCC1)Cc1cnc(S(=O)(=O)Cc2ccccc2)n1Cc1ccccc1. The van der Waals surface area contributed by atoms with Crippen LogP contribution >= 0.6 is 0 Å². The molecule has 0 unspecified atom stereocenters. The molecule has 0 atom stereocenters. The first-order valence-electron chi connectivity index (χ1n) is 11.8. The molecule has 0 bridgehead atoms. The number of carbonyl (C=O) groups is 1. The Balaban J connectivity index is 1.60. The highest BCUT2D eigenvalue weighted by Gasteiger charge is 2.25. The van der Waals surface area contributed by atoms with Crippen molar-refractivity contribution < 1.29 is 17.9 Å². The number of aromatic nitrogens is 2. The van der Waals surface area contributed by atoms with Crippen LogP contribution in [0.2, 0.25) is 0 Å². The molecule has 35 heavy (non-hydrogen) atoms. The number of carbonyl (C=O) groups excluding carboxylic acids is 1. The van der Waals surface area contributed by atoms with Gasteiger partial charge in [-0.3, -0.25) is 9.69 Å². The molecule has 0 radical (unpaired) electrons. The van der Waals surface area contributed by atoms with Crippen molar-refractivity contribution in [3.8, 4) is 0 Å². The lowest BCUT2D eigenvalue weighted by Gasteiger charge is -2.29. The van der Waals surface area contributed by atoms with Crippen LogP contribution in [-0.2, 0) is 38.2 Å². The van der Waals surface area contributed by atoms with E-state index in [9.17, 15) is 13.2 Å². The summed E-state index contributed by atoms with van der Waals surface area (Å²) in [4.78, 5) is 20.8. The molecule has 9 heteroatoms. The molecule has 0 N–H and O–H groups in total. The highest BCUT2D eigenvalue weighted by Crippen LogP contribution is 2.20. The number of sulfone groups is 1. The van der Waals surface area contributed by atoms with Crippen LogP contribution in [0.3, 0.4) is 0 Å². The molecule has 1 saturated heterocycles. The molecule has 0 spiro atoms. The minimum Gasteiger partial charge on any atom is -0.379 e. The van der Waals surface area contributed by atoms with Crippen molar-refractivity contribution >= 4 is 15.7 Å². The van der Waals surface area contributed by atoms with Crippen molar-refractivity contribution in [3.63, 3.8) is 0 Å². The number of nitrogens with zero attached hydrogens (tertiary/aromatic N) is 4. The van der Waals surface area contributed by atoms with Crippen LogP contribution in [0.5, 0.6) is 0 Å². The topological polar surface area (TPSA) is 84.7 Å². The van der Waals surface area contributed by atoms with E-state index in [0.29, 0.717) is 44.1 Å². The van der Waals surface area contributed by atoms with Gasteiger partial charge in [0.15, 0.2) is 0 Å². The quantitative estimate of drug-likeness (QED) is 0.429. The zero-order valence-electron chi connectivity index (χ0n) is 20.0. The van der Waals surface area contributed by atoms with E-state index in [2.05, 4.69) is 9.88 Å². The van der Waals surface area contributed by atoms with E-state index in [1.807, 2.05) is 48.5 Å². The number of hydrogen-bond donors (Lipinski definition) is 0. The molecule has 1 aliphatic rings. The lowest BCUT2D eigenvalue weighted by Crippen LogP contribution is -2.42. The predicted molar refractivity (Wildman–Crippen MR) is 133 cm³/mol. The van der Waals surface area contributed by atoms with Gasteiger partial charge in [-0.2, -0.15) is 0 Å². The third-order valence-electron chi connectivity index (χ3n) is 6.15. The second-order valence-corrected chi connectivity index (χ2v) is 10.6. The van der Waals surface area contributed by atoms with Gasteiger partial charge < -0.3 is 14.2 Å². The van der Waals surface area contributed by atoms with Crippen molar-refractivity contribution in [1.29, 1.82) is 0 Å². The monoisotopic (exact) mass is 496 g/mol. The van der Waals surface area contributed by atoms with Crippen LogP contribution in [0.15, 0.2) is 72.0 Å². The van der Waals surface area contributed by atoms with Crippen molar-refractivity contribution in [2.24, 2.45) is 0 Å². The van der Waals surface area contributed by atoms with Gasteiger partial charge in [0.2, 0.25) is 20.9 Å². The summed E-state index contributed by atoms with van der Waals surface area (Å²) in [5.74, 6) is -0.189. The molecule has 0 aliphatic carbocycles. The highest BCUT2D eigenvalue weighted by molar-refractivity contribution is 7.90. The van der Waals surface area contributed by atoms with E-state index in [1.54, 1.807) is 34.7 Å². The Labute approximate surface area is 207 Å². The number of hydrogen-bond acceptors (Lipinski definition) is 6. The van der Waals surface area contributed by atoms with Crippen LogP contribution in [0.1, 0.15) is 23.7 Å². The van der Waals surface area contributed by atoms with E-state index >= 15 is 0 Å². The molecule has 3 aromatic rings. The summed E-state index contributed by atoms with van der Waals surface area (Å²) in [5.41, 5.74) is 2.36. The summed E-state index contributed by atoms with van der Waals surface area (Å²) < 4.78 is 33.9. The number of morpholine rings is 1.